The number of hydrogen-bond donors (Lipinski definition) is 0. The highest BCUT2D eigenvalue weighted by atomic mass is 15.1. The summed E-state index contributed by atoms with van der Waals surface area (Å²) in [6.45, 7) is 0. The van der Waals surface area contributed by atoms with E-state index in [2.05, 4.69) is 0 Å². The minimum atomic E-state index is -0.869. The van der Waals surface area contributed by atoms with E-state index < -0.39 is 131 Å². The zero-order valence-electron chi connectivity index (χ0n) is 45.0. The molecule has 1 heteroatoms. The Balaban J connectivity index is 1.28. The fourth-order valence-electron chi connectivity index (χ4n) is 6.10. The molecule has 9 aromatic rings. The first kappa shape index (κ1) is 18.5. The lowest BCUT2D eigenvalue weighted by Crippen LogP contribution is -2.10. The van der Waals surface area contributed by atoms with Crippen molar-refractivity contribution in [3.8, 4) is 55.6 Å². The van der Waals surface area contributed by atoms with Crippen LogP contribution in [-0.4, -0.2) is 0 Å². The largest absolute Gasteiger partial charge is 0.310 e. The van der Waals surface area contributed by atoms with Crippen molar-refractivity contribution in [2.75, 3.05) is 4.90 Å². The Morgan fingerprint density at radius 3 is 1.51 bits per heavy atom. The lowest BCUT2D eigenvalue weighted by atomic mass is 9.98. The molecule has 9 rings (SSSR count). The van der Waals surface area contributed by atoms with E-state index in [-0.39, 0.29) is 16.9 Å². The van der Waals surface area contributed by atoms with Crippen molar-refractivity contribution in [1.29, 1.82) is 0 Å². The Morgan fingerprint density at radius 2 is 0.811 bits per heavy atom. The zero-order valence-corrected chi connectivity index (χ0v) is 28.0. The van der Waals surface area contributed by atoms with Gasteiger partial charge < -0.3 is 4.90 Å². The summed E-state index contributed by atoms with van der Waals surface area (Å²) in [7, 11) is 0. The second kappa shape index (κ2) is 14.3. The van der Waals surface area contributed by atoms with Crippen molar-refractivity contribution >= 4 is 27.8 Å². The summed E-state index contributed by atoms with van der Waals surface area (Å²) in [5.41, 5.74) is 0.655. The van der Waals surface area contributed by atoms with Crippen LogP contribution in [-0.2, 0) is 0 Å². The third-order valence-corrected chi connectivity index (χ3v) is 8.76. The number of anilines is 3. The van der Waals surface area contributed by atoms with Gasteiger partial charge in [0.15, 0.2) is 0 Å². The van der Waals surface area contributed by atoms with Crippen LogP contribution in [0.4, 0.5) is 17.1 Å². The van der Waals surface area contributed by atoms with E-state index >= 15 is 0 Å². The third-order valence-electron chi connectivity index (χ3n) is 8.76. The van der Waals surface area contributed by atoms with Crippen molar-refractivity contribution in [3.63, 3.8) is 0 Å². The molecular formula is C52H37N. The van der Waals surface area contributed by atoms with Gasteiger partial charge in [0, 0.05) is 17.1 Å². The number of hydrogen-bond acceptors (Lipinski definition) is 1. The van der Waals surface area contributed by atoms with Gasteiger partial charge in [0.05, 0.1) is 23.3 Å². The maximum Gasteiger partial charge on any atom is 0.0651 e. The standard InChI is InChI=1S/C52H37N/c1-3-11-38(12-4-1)41-21-23-42(24-22-41)43-27-31-50(32-28-43)53(52-20-10-19-48(37-52)49-26-25-40-15-7-8-16-45(40)36-49)51-33-29-44(30-34-51)47-18-9-17-46(35-47)39-13-5-2-6-14-39/h1-37H/i1D,3D,4D,10D,11D,12D,19D,20D,21D,22D,23D,24D,27D,28D,31D,32D,37D. The molecule has 0 aliphatic rings. The normalized spacial score (nSPS) is 15.5. The van der Waals surface area contributed by atoms with Crippen LogP contribution in [0.15, 0.2) is 224 Å². The monoisotopic (exact) mass is 692 g/mol. The maximum absolute atomic E-state index is 9.74. The zero-order chi connectivity index (χ0) is 50.2. The van der Waals surface area contributed by atoms with Gasteiger partial charge in [-0.15, -0.1) is 0 Å². The van der Waals surface area contributed by atoms with Crippen LogP contribution in [0.2, 0.25) is 0 Å². The van der Waals surface area contributed by atoms with Gasteiger partial charge in [-0.05, 0) is 115 Å². The molecule has 0 radical (unpaired) electrons. The summed E-state index contributed by atoms with van der Waals surface area (Å²) >= 11 is 0. The summed E-state index contributed by atoms with van der Waals surface area (Å²) in [5, 5.41) is 1.65. The summed E-state index contributed by atoms with van der Waals surface area (Å²) in [6, 6.07) is 24.4. The van der Waals surface area contributed by atoms with Crippen LogP contribution in [0.5, 0.6) is 0 Å². The van der Waals surface area contributed by atoms with Crippen LogP contribution in [0.3, 0.4) is 0 Å². The Hall–Kier alpha value is -6.96. The van der Waals surface area contributed by atoms with Gasteiger partial charge in [-0.25, -0.2) is 0 Å². The summed E-state index contributed by atoms with van der Waals surface area (Å²) in [4.78, 5) is 1.16. The van der Waals surface area contributed by atoms with Crippen LogP contribution in [0.25, 0.3) is 66.4 Å². The molecule has 1 nitrogen and oxygen atoms in total. The average Bonchev–Trinajstić information content (AvgIpc) is 3.37. The Morgan fingerprint density at radius 1 is 0.283 bits per heavy atom. The van der Waals surface area contributed by atoms with E-state index in [1.54, 1.807) is 42.5 Å². The van der Waals surface area contributed by atoms with Crippen molar-refractivity contribution in [2.24, 2.45) is 0 Å². The number of nitrogens with zero attached hydrogens (tertiary/aromatic N) is 1. The highest BCUT2D eigenvalue weighted by Gasteiger charge is 2.15. The molecule has 0 saturated carbocycles. The van der Waals surface area contributed by atoms with E-state index in [1.807, 2.05) is 78.9 Å². The Labute approximate surface area is 335 Å². The second-order valence-corrected chi connectivity index (χ2v) is 12.1. The Bertz CT molecular complexity index is 3550. The molecule has 53 heavy (non-hydrogen) atoms. The minimum absolute atomic E-state index is 0.0316. The molecular weight excluding hydrogens is 639 g/mol. The van der Waals surface area contributed by atoms with Gasteiger partial charge in [0.25, 0.3) is 0 Å². The van der Waals surface area contributed by atoms with E-state index in [0.717, 1.165) is 37.9 Å². The molecule has 0 unspecified atom stereocenters. The smallest absolute Gasteiger partial charge is 0.0651 e. The molecule has 0 amide bonds. The molecule has 0 bridgehead atoms. The quantitative estimate of drug-likeness (QED) is 0.153. The topological polar surface area (TPSA) is 3.24 Å². The molecule has 0 atom stereocenters. The lowest BCUT2D eigenvalue weighted by molar-refractivity contribution is 1.28. The average molecular weight is 693 g/mol. The molecule has 250 valence electrons. The molecule has 0 heterocycles. The lowest BCUT2D eigenvalue weighted by Gasteiger charge is -2.26. The molecule has 0 aliphatic heterocycles. The van der Waals surface area contributed by atoms with Gasteiger partial charge in [0.1, 0.15) is 0 Å². The van der Waals surface area contributed by atoms with Gasteiger partial charge in [-0.1, -0.05) is 176 Å². The van der Waals surface area contributed by atoms with Crippen LogP contribution >= 0.6 is 0 Å². The highest BCUT2D eigenvalue weighted by molar-refractivity contribution is 5.89. The summed E-state index contributed by atoms with van der Waals surface area (Å²) < 4.78 is 152. The molecule has 0 N–H and O–H groups in total. The SMILES string of the molecule is [2H]c1c([2H])c([2H])c(-c2c([2H])c([2H])c(-c3c([2H])c([2H])c(N(c4ccc(-c5cccc(-c6ccccc6)c5)cc4)c4c([2H])c([2H])c([2H])c(-c5ccc6ccccc6c5)c4[2H])c([2H])c3[2H])c([2H])c2[2H])c([2H])c1[2H]. The van der Waals surface area contributed by atoms with Crippen LogP contribution < -0.4 is 4.90 Å². The fourth-order valence-corrected chi connectivity index (χ4v) is 6.10. The second-order valence-electron chi connectivity index (χ2n) is 12.1. The van der Waals surface area contributed by atoms with Crippen molar-refractivity contribution in [1.82, 2.24) is 0 Å². The van der Waals surface area contributed by atoms with Crippen LogP contribution in [0.1, 0.15) is 23.3 Å². The van der Waals surface area contributed by atoms with Gasteiger partial charge in [-0.3, -0.25) is 0 Å². The molecule has 0 fully saturated rings. The number of benzene rings is 9. The molecule has 0 spiro atoms. The van der Waals surface area contributed by atoms with Gasteiger partial charge in [0.2, 0.25) is 0 Å². The predicted molar refractivity (Wildman–Crippen MR) is 226 cm³/mol. The van der Waals surface area contributed by atoms with E-state index in [0.29, 0.717) is 5.56 Å². The molecule has 0 aliphatic carbocycles. The van der Waals surface area contributed by atoms with E-state index in [1.165, 1.54) is 0 Å². The van der Waals surface area contributed by atoms with Gasteiger partial charge >= 0.3 is 0 Å². The van der Waals surface area contributed by atoms with Crippen molar-refractivity contribution in [3.05, 3.63) is 224 Å². The molecule has 0 aromatic heterocycles. The van der Waals surface area contributed by atoms with E-state index in [9.17, 15) is 8.22 Å². The minimum Gasteiger partial charge on any atom is -0.310 e. The first-order valence-electron chi connectivity index (χ1n) is 25.3. The van der Waals surface area contributed by atoms with Crippen molar-refractivity contribution < 1.29 is 23.3 Å². The fraction of sp³-hybridized carbons (Fsp3) is 0. The van der Waals surface area contributed by atoms with Crippen molar-refractivity contribution in [2.45, 2.75) is 0 Å². The van der Waals surface area contributed by atoms with Crippen LogP contribution in [0, 0.1) is 0 Å². The Kier molecular flexibility index (Phi) is 5.01. The molecule has 0 saturated heterocycles. The number of fused-ring (bicyclic) bond motifs is 1. The summed E-state index contributed by atoms with van der Waals surface area (Å²) in [5.74, 6) is 0. The predicted octanol–water partition coefficient (Wildman–Crippen LogP) is 14.6. The summed E-state index contributed by atoms with van der Waals surface area (Å²) in [6.07, 6.45) is 0. The number of rotatable bonds is 8. The first-order chi connectivity index (χ1) is 33.3. The molecule has 9 aromatic carbocycles. The van der Waals surface area contributed by atoms with Gasteiger partial charge in [-0.2, -0.15) is 0 Å². The highest BCUT2D eigenvalue weighted by Crippen LogP contribution is 2.39. The maximum atomic E-state index is 9.74. The third kappa shape index (κ3) is 6.77. The first-order valence-corrected chi connectivity index (χ1v) is 16.8. The van der Waals surface area contributed by atoms with E-state index in [4.69, 9.17) is 15.1 Å².